The molecule has 4 heteroatoms. The second-order valence-corrected chi connectivity index (χ2v) is 8.25. The second kappa shape index (κ2) is 3.25. The van der Waals surface area contributed by atoms with E-state index in [1.54, 1.807) is 0 Å². The Morgan fingerprint density at radius 1 is 0.800 bits per heavy atom. The van der Waals surface area contributed by atoms with E-state index in [2.05, 4.69) is 12.2 Å². The van der Waals surface area contributed by atoms with Crippen molar-refractivity contribution in [3.05, 3.63) is 24.3 Å². The van der Waals surface area contributed by atoms with Gasteiger partial charge in [0.15, 0.2) is 11.6 Å². The van der Waals surface area contributed by atoms with Crippen molar-refractivity contribution < 1.29 is 9.59 Å². The summed E-state index contributed by atoms with van der Waals surface area (Å²) in [5.74, 6) is -0.511. The molecule has 0 spiro atoms. The van der Waals surface area contributed by atoms with Gasteiger partial charge in [-0.05, 0) is 24.7 Å². The Morgan fingerprint density at radius 2 is 1.20 bits per heavy atom. The Hall–Kier alpha value is -0.600. The maximum absolute atomic E-state index is 13.1. The molecule has 20 heavy (non-hydrogen) atoms. The highest BCUT2D eigenvalue weighted by Gasteiger charge is 2.76. The molecule has 0 aromatic heterocycles. The van der Waals surface area contributed by atoms with E-state index >= 15 is 0 Å². The highest BCUT2D eigenvalue weighted by Crippen LogP contribution is 2.67. The topological polar surface area (TPSA) is 34.1 Å². The summed E-state index contributed by atoms with van der Waals surface area (Å²) in [5, 5.41) is 0. The summed E-state index contributed by atoms with van der Waals surface area (Å²) in [7, 11) is 0. The van der Waals surface area contributed by atoms with Crippen molar-refractivity contribution in [2.24, 2.45) is 35.5 Å². The number of halogens is 2. The average molecular weight is 309 g/mol. The van der Waals surface area contributed by atoms with Crippen molar-refractivity contribution in [3.63, 3.8) is 0 Å². The molecule has 0 unspecified atom stereocenters. The van der Waals surface area contributed by atoms with Crippen LogP contribution in [0.5, 0.6) is 0 Å². The normalized spacial score (nSPS) is 61.3. The van der Waals surface area contributed by atoms with Crippen LogP contribution < -0.4 is 0 Å². The summed E-state index contributed by atoms with van der Waals surface area (Å²) < 4.78 is 0. The van der Waals surface area contributed by atoms with Crippen LogP contribution in [0.4, 0.5) is 0 Å². The van der Waals surface area contributed by atoms with E-state index in [4.69, 9.17) is 23.2 Å². The van der Waals surface area contributed by atoms with Gasteiger partial charge in [-0.2, -0.15) is 0 Å². The van der Waals surface area contributed by atoms with Crippen LogP contribution in [0, 0.1) is 35.5 Å². The molecule has 0 N–H and O–H groups in total. The van der Waals surface area contributed by atoms with E-state index in [1.807, 2.05) is 12.2 Å². The lowest BCUT2D eigenvalue weighted by Gasteiger charge is -2.49. The Labute approximate surface area is 127 Å². The van der Waals surface area contributed by atoms with Crippen molar-refractivity contribution in [1.82, 2.24) is 0 Å². The van der Waals surface area contributed by atoms with Gasteiger partial charge in [-0.25, -0.2) is 0 Å². The molecule has 5 rings (SSSR count). The van der Waals surface area contributed by atoms with Gasteiger partial charge in [0.2, 0.25) is 0 Å². The van der Waals surface area contributed by atoms with Crippen LogP contribution in [0.1, 0.15) is 12.8 Å². The Bertz CT molecular complexity index is 570. The molecule has 3 fully saturated rings. The van der Waals surface area contributed by atoms with E-state index < -0.39 is 21.6 Å². The standard InChI is InChI=1S/C16H14Cl2O2/c17-15-9-3-1-7(5-9)11(15)13(19)16(18)10-4-2-8(6-10)12(16)14(15)20/h1-4,7-12H,5-6H2/t7-,8-,9-,10-,11-,12-,15-,16+/m0/s1. The lowest BCUT2D eigenvalue weighted by Crippen LogP contribution is -2.65. The number of carbonyl (C=O) groups is 2. The molecule has 104 valence electrons. The number of carbonyl (C=O) groups excluding carboxylic acids is 2. The van der Waals surface area contributed by atoms with Gasteiger partial charge < -0.3 is 0 Å². The van der Waals surface area contributed by atoms with Gasteiger partial charge >= 0.3 is 0 Å². The summed E-state index contributed by atoms with van der Waals surface area (Å²) in [5.41, 5.74) is 0. The fourth-order valence-electron chi connectivity index (χ4n) is 5.58. The molecule has 0 heterocycles. The first-order chi connectivity index (χ1) is 9.49. The molecule has 5 aliphatic rings. The maximum atomic E-state index is 13.1. The van der Waals surface area contributed by atoms with Crippen LogP contribution >= 0.6 is 23.2 Å². The summed E-state index contributed by atoms with van der Waals surface area (Å²) in [6, 6.07) is 0. The quantitative estimate of drug-likeness (QED) is 0.509. The number of rotatable bonds is 0. The minimum atomic E-state index is -1.02. The molecule has 0 aromatic rings. The molecule has 3 saturated carbocycles. The summed E-state index contributed by atoms with van der Waals surface area (Å²) in [4.78, 5) is 24.2. The zero-order valence-corrected chi connectivity index (χ0v) is 12.3. The number of allylic oxidation sites excluding steroid dienone is 4. The van der Waals surface area contributed by atoms with Crippen molar-refractivity contribution >= 4 is 34.8 Å². The van der Waals surface area contributed by atoms with Gasteiger partial charge in [0.05, 0.1) is 11.8 Å². The number of hydrogen-bond donors (Lipinski definition) is 0. The van der Waals surface area contributed by atoms with Crippen molar-refractivity contribution in [2.45, 2.75) is 22.6 Å². The van der Waals surface area contributed by atoms with Crippen molar-refractivity contribution in [1.29, 1.82) is 0 Å². The van der Waals surface area contributed by atoms with Crippen LogP contribution in [0.15, 0.2) is 24.3 Å². The first-order valence-electron chi connectivity index (χ1n) is 7.32. The molecule has 0 aliphatic heterocycles. The van der Waals surface area contributed by atoms with E-state index in [0.717, 1.165) is 12.8 Å². The molecular weight excluding hydrogens is 295 g/mol. The summed E-state index contributed by atoms with van der Waals surface area (Å²) in [6.07, 6.45) is 9.84. The zero-order chi connectivity index (χ0) is 13.9. The van der Waals surface area contributed by atoms with Crippen LogP contribution in [-0.4, -0.2) is 21.3 Å². The third kappa shape index (κ3) is 0.972. The van der Waals surface area contributed by atoms with E-state index in [-0.39, 0.29) is 35.2 Å². The summed E-state index contributed by atoms with van der Waals surface area (Å²) >= 11 is 13.6. The van der Waals surface area contributed by atoms with Crippen LogP contribution in [-0.2, 0) is 9.59 Å². The maximum Gasteiger partial charge on any atom is 0.161 e. The predicted molar refractivity (Wildman–Crippen MR) is 75.6 cm³/mol. The SMILES string of the molecule is O=C1[C@@H]2[C@H]3C=C[C@@H](C3)[C@]2(Cl)C(=O)[C@@H]2[C@H]3C=C[C@@H](C3)[C@@]12Cl. The smallest absolute Gasteiger partial charge is 0.161 e. The van der Waals surface area contributed by atoms with E-state index in [0.29, 0.717) is 0 Å². The molecule has 8 atom stereocenters. The predicted octanol–water partition coefficient (Wildman–Crippen LogP) is 2.74. The van der Waals surface area contributed by atoms with Gasteiger partial charge in [-0.3, -0.25) is 9.59 Å². The second-order valence-electron chi connectivity index (χ2n) is 7.00. The molecule has 4 bridgehead atoms. The molecule has 0 saturated heterocycles. The Morgan fingerprint density at radius 3 is 1.60 bits per heavy atom. The van der Waals surface area contributed by atoms with Crippen LogP contribution in [0.25, 0.3) is 0 Å². The minimum Gasteiger partial charge on any atom is -0.297 e. The molecule has 2 nitrogen and oxygen atoms in total. The molecule has 5 aliphatic carbocycles. The highest BCUT2D eigenvalue weighted by atomic mass is 35.5. The van der Waals surface area contributed by atoms with Crippen LogP contribution in [0.3, 0.4) is 0 Å². The van der Waals surface area contributed by atoms with Gasteiger partial charge in [-0.15, -0.1) is 23.2 Å². The lowest BCUT2D eigenvalue weighted by molar-refractivity contribution is -0.144. The lowest BCUT2D eigenvalue weighted by atomic mass is 9.59. The fourth-order valence-corrected chi connectivity index (χ4v) is 6.66. The first kappa shape index (κ1) is 12.0. The Kier molecular flexibility index (Phi) is 1.95. The average Bonchev–Trinajstić information content (AvgIpc) is 3.14. The zero-order valence-electron chi connectivity index (χ0n) is 10.8. The number of fused-ring (bicyclic) bond motifs is 10. The van der Waals surface area contributed by atoms with Crippen molar-refractivity contribution in [2.75, 3.05) is 0 Å². The third-order valence-corrected chi connectivity index (χ3v) is 7.80. The third-order valence-electron chi connectivity index (χ3n) is 6.39. The van der Waals surface area contributed by atoms with Gasteiger partial charge in [0.25, 0.3) is 0 Å². The highest BCUT2D eigenvalue weighted by molar-refractivity contribution is 6.46. The van der Waals surface area contributed by atoms with Crippen molar-refractivity contribution in [3.8, 4) is 0 Å². The number of alkyl halides is 2. The van der Waals surface area contributed by atoms with Gasteiger partial charge in [0, 0.05) is 11.8 Å². The van der Waals surface area contributed by atoms with Gasteiger partial charge in [-0.1, -0.05) is 24.3 Å². The minimum absolute atomic E-state index is 0.0138. The molecular formula is C16H14Cl2O2. The largest absolute Gasteiger partial charge is 0.297 e. The fraction of sp³-hybridized carbons (Fsp3) is 0.625. The van der Waals surface area contributed by atoms with Crippen LogP contribution in [0.2, 0.25) is 0 Å². The molecule has 0 amide bonds. The number of Topliss-reactive ketones (excluding diaryl/α,β-unsaturated/α-hetero) is 2. The van der Waals surface area contributed by atoms with Gasteiger partial charge in [0.1, 0.15) is 9.75 Å². The molecule has 0 radical (unpaired) electrons. The van der Waals surface area contributed by atoms with E-state index in [9.17, 15) is 9.59 Å². The first-order valence-corrected chi connectivity index (χ1v) is 8.07. The van der Waals surface area contributed by atoms with E-state index in [1.165, 1.54) is 0 Å². The Balaban J connectivity index is 1.74. The molecule has 0 aromatic carbocycles. The summed E-state index contributed by atoms with van der Waals surface area (Å²) in [6.45, 7) is 0. The number of ketones is 2. The monoisotopic (exact) mass is 308 g/mol. The number of hydrogen-bond acceptors (Lipinski definition) is 2.